The van der Waals surface area contributed by atoms with Crippen LogP contribution in [0.5, 0.6) is 0 Å². The van der Waals surface area contributed by atoms with Crippen LogP contribution in [0.4, 0.5) is 13.2 Å². The second-order valence-corrected chi connectivity index (χ2v) is 4.46. The van der Waals surface area contributed by atoms with Gasteiger partial charge >= 0.3 is 6.18 Å². The molecule has 1 aliphatic rings. The van der Waals surface area contributed by atoms with Gasteiger partial charge in [0.1, 0.15) is 5.69 Å². The van der Waals surface area contributed by atoms with Gasteiger partial charge in [-0.25, -0.2) is 0 Å². The Bertz CT molecular complexity index is 458. The molecule has 0 aliphatic carbocycles. The quantitative estimate of drug-likeness (QED) is 0.891. The van der Waals surface area contributed by atoms with Crippen molar-refractivity contribution < 1.29 is 18.0 Å². The summed E-state index contributed by atoms with van der Waals surface area (Å²) in [5.41, 5.74) is 4.72. The van der Waals surface area contributed by atoms with E-state index in [1.807, 2.05) is 0 Å². The Kier molecular flexibility index (Phi) is 3.75. The van der Waals surface area contributed by atoms with E-state index in [-0.39, 0.29) is 17.5 Å². The Morgan fingerprint density at radius 1 is 1.47 bits per heavy atom. The van der Waals surface area contributed by atoms with E-state index in [1.54, 1.807) is 4.90 Å². The average Bonchev–Trinajstić information content (AvgIpc) is 2.85. The first-order valence-corrected chi connectivity index (χ1v) is 5.98. The Hall–Kier alpha value is -1.63. The van der Waals surface area contributed by atoms with Crippen LogP contribution in [-0.4, -0.2) is 34.9 Å². The number of carbonyl (C=O) groups excluding carboxylic acids is 1. The number of nitrogens with zero attached hydrogens (tertiary/aromatic N) is 2. The first kappa shape index (κ1) is 13.8. The van der Waals surface area contributed by atoms with Crippen LogP contribution in [-0.2, 0) is 6.18 Å². The monoisotopic (exact) mass is 273 g/mol. The van der Waals surface area contributed by atoms with Crippen molar-refractivity contribution >= 4 is 5.91 Å². The maximum atomic E-state index is 12.4. The fourth-order valence-electron chi connectivity index (χ4n) is 2.20. The number of amides is 1. The van der Waals surface area contributed by atoms with Crippen molar-refractivity contribution in [1.29, 1.82) is 0 Å². The zero-order chi connectivity index (χ0) is 14.0. The summed E-state index contributed by atoms with van der Waals surface area (Å²) in [5.74, 6) is -0.311. The molecular weight excluding hydrogens is 259 g/mol. The summed E-state index contributed by atoms with van der Waals surface area (Å²) in [4.78, 5) is 17.0. The first-order chi connectivity index (χ1) is 8.93. The zero-order valence-electron chi connectivity index (χ0n) is 10.2. The molecule has 0 aromatic carbocycles. The molecule has 1 atom stereocenters. The number of alkyl halides is 3. The molecule has 0 saturated carbocycles. The fraction of sp³-hybridized carbons (Fsp3) is 0.500. The van der Waals surface area contributed by atoms with Gasteiger partial charge in [-0.05, 0) is 25.0 Å². The highest BCUT2D eigenvalue weighted by atomic mass is 19.4. The molecule has 104 valence electrons. The van der Waals surface area contributed by atoms with Crippen LogP contribution in [0.25, 0.3) is 0 Å². The Labute approximate surface area is 108 Å². The van der Waals surface area contributed by atoms with Gasteiger partial charge in [0.05, 0.1) is 5.56 Å². The molecular formula is C12H14F3N3O. The van der Waals surface area contributed by atoms with E-state index in [1.165, 1.54) is 0 Å². The van der Waals surface area contributed by atoms with Gasteiger partial charge in [0.2, 0.25) is 0 Å². The number of nitrogens with two attached hydrogens (primary N) is 1. The van der Waals surface area contributed by atoms with E-state index in [0.717, 1.165) is 31.2 Å². The molecule has 19 heavy (non-hydrogen) atoms. The van der Waals surface area contributed by atoms with E-state index < -0.39 is 11.9 Å². The van der Waals surface area contributed by atoms with Gasteiger partial charge in [0.15, 0.2) is 0 Å². The van der Waals surface area contributed by atoms with Crippen molar-refractivity contribution in [2.75, 3.05) is 13.1 Å². The summed E-state index contributed by atoms with van der Waals surface area (Å²) in [5, 5.41) is 0. The molecule has 1 amide bonds. The third-order valence-corrected chi connectivity index (χ3v) is 3.21. The number of rotatable bonds is 2. The lowest BCUT2D eigenvalue weighted by atomic mass is 10.2. The van der Waals surface area contributed by atoms with Crippen LogP contribution in [0.1, 0.15) is 28.9 Å². The van der Waals surface area contributed by atoms with Gasteiger partial charge in [-0.2, -0.15) is 13.2 Å². The molecule has 0 radical (unpaired) electrons. The lowest BCUT2D eigenvalue weighted by Crippen LogP contribution is -2.39. The molecule has 0 spiro atoms. The second-order valence-electron chi connectivity index (χ2n) is 4.46. The largest absolute Gasteiger partial charge is 0.433 e. The van der Waals surface area contributed by atoms with Gasteiger partial charge in [-0.1, -0.05) is 0 Å². The molecule has 1 aliphatic heterocycles. The molecule has 1 aromatic heterocycles. The molecule has 2 N–H and O–H groups in total. The summed E-state index contributed by atoms with van der Waals surface area (Å²) < 4.78 is 37.1. The molecule has 1 saturated heterocycles. The number of carbonyl (C=O) groups is 1. The number of pyridine rings is 1. The van der Waals surface area contributed by atoms with Crippen molar-refractivity contribution in [2.24, 2.45) is 5.73 Å². The topological polar surface area (TPSA) is 59.2 Å². The number of hydrogen-bond acceptors (Lipinski definition) is 3. The van der Waals surface area contributed by atoms with Crippen molar-refractivity contribution in [3.8, 4) is 0 Å². The molecule has 0 bridgehead atoms. The number of likely N-dealkylation sites (tertiary alicyclic amines) is 1. The van der Waals surface area contributed by atoms with Crippen LogP contribution < -0.4 is 5.73 Å². The van der Waals surface area contributed by atoms with Gasteiger partial charge in [-0.15, -0.1) is 0 Å². The summed E-state index contributed by atoms with van der Waals surface area (Å²) in [7, 11) is 0. The summed E-state index contributed by atoms with van der Waals surface area (Å²) in [6, 6.07) is 1.94. The van der Waals surface area contributed by atoms with E-state index in [9.17, 15) is 18.0 Å². The number of hydrogen-bond donors (Lipinski definition) is 1. The average molecular weight is 273 g/mol. The Balaban J connectivity index is 2.16. The molecule has 1 unspecified atom stereocenters. The Morgan fingerprint density at radius 2 is 2.21 bits per heavy atom. The second kappa shape index (κ2) is 5.16. The number of halogens is 3. The van der Waals surface area contributed by atoms with Crippen LogP contribution in [0.3, 0.4) is 0 Å². The first-order valence-electron chi connectivity index (χ1n) is 5.98. The predicted octanol–water partition coefficient (Wildman–Crippen LogP) is 1.66. The van der Waals surface area contributed by atoms with E-state index in [4.69, 9.17) is 5.73 Å². The standard InChI is InChI=1S/C12H14F3N3O/c13-12(14,15)10-4-3-8(7-17-10)11(19)18-5-1-2-9(18)6-16/h3-4,7,9H,1-2,5-6,16H2. The molecule has 1 fully saturated rings. The van der Waals surface area contributed by atoms with Crippen LogP contribution >= 0.6 is 0 Å². The molecule has 4 nitrogen and oxygen atoms in total. The van der Waals surface area contributed by atoms with Crippen molar-refractivity contribution in [3.63, 3.8) is 0 Å². The minimum Gasteiger partial charge on any atom is -0.334 e. The van der Waals surface area contributed by atoms with Crippen LogP contribution in [0.15, 0.2) is 18.3 Å². The summed E-state index contributed by atoms with van der Waals surface area (Å²) in [6.45, 7) is 0.946. The molecule has 7 heteroatoms. The van der Waals surface area contributed by atoms with Gasteiger partial charge in [0, 0.05) is 25.3 Å². The number of aromatic nitrogens is 1. The SMILES string of the molecule is NCC1CCCN1C(=O)c1ccc(C(F)(F)F)nc1. The highest BCUT2D eigenvalue weighted by Crippen LogP contribution is 2.27. The third-order valence-electron chi connectivity index (χ3n) is 3.21. The third kappa shape index (κ3) is 2.86. The Morgan fingerprint density at radius 3 is 2.74 bits per heavy atom. The maximum Gasteiger partial charge on any atom is 0.433 e. The molecule has 1 aromatic rings. The lowest BCUT2D eigenvalue weighted by molar-refractivity contribution is -0.141. The minimum absolute atomic E-state index is 0.0326. The summed E-state index contributed by atoms with van der Waals surface area (Å²) in [6.07, 6.45) is -1.83. The van der Waals surface area contributed by atoms with Crippen molar-refractivity contribution in [3.05, 3.63) is 29.6 Å². The highest BCUT2D eigenvalue weighted by Gasteiger charge is 2.33. The van der Waals surface area contributed by atoms with E-state index >= 15 is 0 Å². The van der Waals surface area contributed by atoms with E-state index in [2.05, 4.69) is 4.98 Å². The van der Waals surface area contributed by atoms with Gasteiger partial charge in [-0.3, -0.25) is 9.78 Å². The molecule has 2 rings (SSSR count). The van der Waals surface area contributed by atoms with Crippen molar-refractivity contribution in [1.82, 2.24) is 9.88 Å². The highest BCUT2D eigenvalue weighted by molar-refractivity contribution is 5.94. The fourth-order valence-corrected chi connectivity index (χ4v) is 2.20. The zero-order valence-corrected chi connectivity index (χ0v) is 10.2. The van der Waals surface area contributed by atoms with Gasteiger partial charge < -0.3 is 10.6 Å². The van der Waals surface area contributed by atoms with E-state index in [0.29, 0.717) is 13.1 Å². The smallest absolute Gasteiger partial charge is 0.334 e. The minimum atomic E-state index is -4.49. The maximum absolute atomic E-state index is 12.4. The lowest BCUT2D eigenvalue weighted by Gasteiger charge is -2.23. The van der Waals surface area contributed by atoms with Gasteiger partial charge in [0.25, 0.3) is 5.91 Å². The predicted molar refractivity (Wildman–Crippen MR) is 62.4 cm³/mol. The van der Waals surface area contributed by atoms with Crippen molar-refractivity contribution in [2.45, 2.75) is 25.1 Å². The van der Waals surface area contributed by atoms with Crippen LogP contribution in [0, 0.1) is 0 Å². The normalized spacial score (nSPS) is 19.8. The summed E-state index contributed by atoms with van der Waals surface area (Å²) >= 11 is 0. The molecule has 2 heterocycles. The van der Waals surface area contributed by atoms with Crippen LogP contribution in [0.2, 0.25) is 0 Å².